The van der Waals surface area contributed by atoms with Crippen LogP contribution in [-0.2, 0) is 9.59 Å². The topological polar surface area (TPSA) is 109 Å². The fraction of sp³-hybridized carbons (Fsp3) is 0.235. The molecule has 0 spiro atoms. The molecule has 1 atom stereocenters. The molecule has 0 bridgehead atoms. The summed E-state index contributed by atoms with van der Waals surface area (Å²) in [5.74, 6) is -2.00. The van der Waals surface area contributed by atoms with Crippen LogP contribution in [-0.4, -0.2) is 28.8 Å². The van der Waals surface area contributed by atoms with E-state index in [1.807, 2.05) is 13.8 Å². The minimum atomic E-state index is -1.18. The van der Waals surface area contributed by atoms with Gasteiger partial charge in [0, 0.05) is 14.9 Å². The number of carboxylic acid groups (broad SMARTS) is 1. The number of hydrogen-bond donors (Lipinski definition) is 3. The minimum Gasteiger partial charge on any atom is -0.481 e. The molecule has 0 aliphatic rings. The van der Waals surface area contributed by atoms with Crippen molar-refractivity contribution in [3.05, 3.63) is 50.3 Å². The number of carbonyl (C=O) groups excluding carboxylic acids is 2. The van der Waals surface area contributed by atoms with Gasteiger partial charge in [0.25, 0.3) is 0 Å². The van der Waals surface area contributed by atoms with E-state index in [-0.39, 0.29) is 5.78 Å². The molecule has 6 nitrogen and oxygen atoms in total. The van der Waals surface area contributed by atoms with Crippen molar-refractivity contribution in [2.24, 2.45) is 5.73 Å². The number of thiophene rings is 1. The summed E-state index contributed by atoms with van der Waals surface area (Å²) in [4.78, 5) is 36.6. The Balaban J connectivity index is 2.33. The van der Waals surface area contributed by atoms with Crippen molar-refractivity contribution < 1.29 is 19.5 Å². The van der Waals surface area contributed by atoms with Gasteiger partial charge in [0.2, 0.25) is 5.91 Å². The molecule has 2 aromatic rings. The van der Waals surface area contributed by atoms with E-state index in [0.29, 0.717) is 16.1 Å². The van der Waals surface area contributed by atoms with Crippen molar-refractivity contribution in [2.75, 3.05) is 5.32 Å². The van der Waals surface area contributed by atoms with Crippen molar-refractivity contribution in [1.29, 1.82) is 0 Å². The van der Waals surface area contributed by atoms with Crippen LogP contribution in [0.4, 0.5) is 5.00 Å². The van der Waals surface area contributed by atoms with Crippen LogP contribution in [0.15, 0.2) is 28.7 Å². The van der Waals surface area contributed by atoms with Gasteiger partial charge >= 0.3 is 5.97 Å². The van der Waals surface area contributed by atoms with Gasteiger partial charge in [-0.15, -0.1) is 11.3 Å². The number of carbonyl (C=O) groups is 3. The van der Waals surface area contributed by atoms with Crippen molar-refractivity contribution in [2.45, 2.75) is 26.3 Å². The first-order chi connectivity index (χ1) is 11.7. The van der Waals surface area contributed by atoms with Crippen molar-refractivity contribution in [3.8, 4) is 0 Å². The molecular formula is C17H17BrN2O4S. The molecule has 1 heterocycles. The highest BCUT2D eigenvalue weighted by molar-refractivity contribution is 9.10. The van der Waals surface area contributed by atoms with Gasteiger partial charge in [-0.2, -0.15) is 0 Å². The van der Waals surface area contributed by atoms with Crippen molar-refractivity contribution >= 4 is 49.9 Å². The van der Waals surface area contributed by atoms with E-state index >= 15 is 0 Å². The van der Waals surface area contributed by atoms with E-state index < -0.39 is 24.3 Å². The van der Waals surface area contributed by atoms with E-state index in [2.05, 4.69) is 21.2 Å². The number of aliphatic carboxylic acids is 1. The second-order valence-corrected chi connectivity index (χ2v) is 7.66. The second kappa shape index (κ2) is 7.90. The highest BCUT2D eigenvalue weighted by Crippen LogP contribution is 2.34. The summed E-state index contributed by atoms with van der Waals surface area (Å²) in [5.41, 5.74) is 7.26. The van der Waals surface area contributed by atoms with Crippen LogP contribution >= 0.6 is 27.3 Å². The summed E-state index contributed by atoms with van der Waals surface area (Å²) in [6, 6.07) is 5.74. The van der Waals surface area contributed by atoms with Gasteiger partial charge in [0.15, 0.2) is 5.78 Å². The number of rotatable bonds is 6. The monoisotopic (exact) mass is 424 g/mol. The molecule has 25 heavy (non-hydrogen) atoms. The Labute approximate surface area is 157 Å². The third-order valence-electron chi connectivity index (χ3n) is 3.69. The van der Waals surface area contributed by atoms with E-state index in [9.17, 15) is 14.4 Å². The van der Waals surface area contributed by atoms with Crippen LogP contribution < -0.4 is 11.1 Å². The molecule has 2 rings (SSSR count). The number of aryl methyl sites for hydroxylation is 1. The van der Waals surface area contributed by atoms with Crippen LogP contribution in [0, 0.1) is 13.8 Å². The lowest BCUT2D eigenvalue weighted by Crippen LogP contribution is -2.37. The average molecular weight is 425 g/mol. The van der Waals surface area contributed by atoms with Gasteiger partial charge in [-0.3, -0.25) is 14.4 Å². The van der Waals surface area contributed by atoms with Gasteiger partial charge in [-0.25, -0.2) is 0 Å². The number of benzene rings is 1. The Morgan fingerprint density at radius 1 is 1.24 bits per heavy atom. The molecule has 0 aliphatic carbocycles. The predicted molar refractivity (Wildman–Crippen MR) is 100 cm³/mol. The maximum absolute atomic E-state index is 12.9. The standard InChI is InChI=1S/C17H17BrN2O4S/c1-8-9(2)25-17(20-16(24)12(19)7-13(21)22)14(8)15(23)10-3-5-11(18)6-4-10/h3-6,12H,7,19H2,1-2H3,(H,20,24)(H,21,22). The third kappa shape index (κ3) is 4.53. The number of nitrogens with two attached hydrogens (primary N) is 1. The number of halogens is 1. The lowest BCUT2D eigenvalue weighted by molar-refractivity contribution is -0.138. The zero-order valence-electron chi connectivity index (χ0n) is 13.6. The van der Waals surface area contributed by atoms with Crippen LogP contribution in [0.5, 0.6) is 0 Å². The summed E-state index contributed by atoms with van der Waals surface area (Å²) in [5, 5.41) is 11.7. The number of carboxylic acids is 1. The molecular weight excluding hydrogens is 408 g/mol. The molecule has 1 unspecified atom stereocenters. The largest absolute Gasteiger partial charge is 0.481 e. The molecule has 1 amide bonds. The fourth-order valence-electron chi connectivity index (χ4n) is 2.22. The van der Waals surface area contributed by atoms with Crippen molar-refractivity contribution in [1.82, 2.24) is 0 Å². The smallest absolute Gasteiger partial charge is 0.305 e. The highest BCUT2D eigenvalue weighted by Gasteiger charge is 2.24. The summed E-state index contributed by atoms with van der Waals surface area (Å²) in [7, 11) is 0. The van der Waals surface area contributed by atoms with E-state index in [4.69, 9.17) is 10.8 Å². The maximum Gasteiger partial charge on any atom is 0.305 e. The molecule has 8 heteroatoms. The number of amides is 1. The normalized spacial score (nSPS) is 11.8. The van der Waals surface area contributed by atoms with Gasteiger partial charge < -0.3 is 16.2 Å². The first kappa shape index (κ1) is 19.3. The first-order valence-corrected chi connectivity index (χ1v) is 9.00. The average Bonchev–Trinajstić information content (AvgIpc) is 2.81. The Morgan fingerprint density at radius 2 is 1.84 bits per heavy atom. The highest BCUT2D eigenvalue weighted by atomic mass is 79.9. The zero-order valence-corrected chi connectivity index (χ0v) is 16.0. The van der Waals surface area contributed by atoms with Crippen LogP contribution in [0.2, 0.25) is 0 Å². The minimum absolute atomic E-state index is 0.212. The molecule has 4 N–H and O–H groups in total. The molecule has 1 aromatic carbocycles. The van der Waals surface area contributed by atoms with Crippen LogP contribution in [0.1, 0.15) is 32.8 Å². The molecule has 0 aliphatic heterocycles. The maximum atomic E-state index is 12.9. The van der Waals surface area contributed by atoms with Gasteiger partial charge in [-0.05, 0) is 43.7 Å². The van der Waals surface area contributed by atoms with E-state index in [1.165, 1.54) is 11.3 Å². The van der Waals surface area contributed by atoms with Gasteiger partial charge in [0.1, 0.15) is 5.00 Å². The Kier molecular flexibility index (Phi) is 6.10. The molecule has 0 radical (unpaired) electrons. The second-order valence-electron chi connectivity index (χ2n) is 5.52. The fourth-order valence-corrected chi connectivity index (χ4v) is 3.54. The van der Waals surface area contributed by atoms with Gasteiger partial charge in [0.05, 0.1) is 18.0 Å². The van der Waals surface area contributed by atoms with Crippen LogP contribution in [0.25, 0.3) is 0 Å². The molecule has 0 saturated carbocycles. The zero-order chi connectivity index (χ0) is 18.7. The summed E-state index contributed by atoms with van der Waals surface area (Å²) >= 11 is 4.59. The molecule has 0 fully saturated rings. The molecule has 1 aromatic heterocycles. The van der Waals surface area contributed by atoms with E-state index in [1.54, 1.807) is 24.3 Å². The molecule has 0 saturated heterocycles. The number of nitrogens with one attached hydrogen (secondary N) is 1. The number of ketones is 1. The lowest BCUT2D eigenvalue weighted by Gasteiger charge is -2.11. The number of anilines is 1. The summed E-state index contributed by atoms with van der Waals surface area (Å²) in [6.45, 7) is 3.66. The Hall–Kier alpha value is -2.03. The summed E-state index contributed by atoms with van der Waals surface area (Å²) < 4.78 is 0.857. The lowest BCUT2D eigenvalue weighted by atomic mass is 10.0. The predicted octanol–water partition coefficient (Wildman–Crippen LogP) is 3.10. The third-order valence-corrected chi connectivity index (χ3v) is 5.34. The quantitative estimate of drug-likeness (QED) is 0.617. The van der Waals surface area contributed by atoms with E-state index in [0.717, 1.165) is 14.9 Å². The van der Waals surface area contributed by atoms with Crippen molar-refractivity contribution in [3.63, 3.8) is 0 Å². The number of hydrogen-bond acceptors (Lipinski definition) is 5. The Bertz CT molecular complexity index is 830. The molecule has 132 valence electrons. The Morgan fingerprint density at radius 3 is 2.40 bits per heavy atom. The summed E-state index contributed by atoms with van der Waals surface area (Å²) in [6.07, 6.45) is -0.481. The first-order valence-electron chi connectivity index (χ1n) is 7.39. The van der Waals surface area contributed by atoms with Gasteiger partial charge in [-0.1, -0.05) is 15.9 Å². The SMILES string of the molecule is Cc1sc(NC(=O)C(N)CC(=O)O)c(C(=O)c2ccc(Br)cc2)c1C. The van der Waals surface area contributed by atoms with Crippen LogP contribution in [0.3, 0.4) is 0 Å².